The molecule has 2 fully saturated rings. The average molecular weight is 303 g/mol. The van der Waals surface area contributed by atoms with Gasteiger partial charge in [-0.1, -0.05) is 12.2 Å². The van der Waals surface area contributed by atoms with Gasteiger partial charge in [-0.3, -0.25) is 4.79 Å². The van der Waals surface area contributed by atoms with Crippen LogP contribution in [-0.4, -0.2) is 30.0 Å². The number of rotatable bonds is 2. The summed E-state index contributed by atoms with van der Waals surface area (Å²) in [6.07, 6.45) is 2.68. The topological polar surface area (TPSA) is 58.4 Å². The number of benzene rings is 1. The number of nitrogens with two attached hydrogens (primary N) is 1. The average Bonchev–Trinajstić information content (AvgIpc) is 2.46. The van der Waals surface area contributed by atoms with E-state index in [0.717, 1.165) is 37.1 Å². The van der Waals surface area contributed by atoms with Crippen LogP contribution < -0.4 is 16.0 Å². The zero-order chi connectivity index (χ0) is 15.0. The molecule has 1 amide bonds. The highest BCUT2D eigenvalue weighted by Crippen LogP contribution is 2.29. The van der Waals surface area contributed by atoms with Crippen molar-refractivity contribution in [1.29, 1.82) is 0 Å². The van der Waals surface area contributed by atoms with Crippen LogP contribution in [0.3, 0.4) is 0 Å². The second kappa shape index (κ2) is 5.64. The molecule has 2 heterocycles. The first-order chi connectivity index (χ1) is 10.0. The quantitative estimate of drug-likeness (QED) is 0.817. The van der Waals surface area contributed by atoms with Gasteiger partial charge in [0.2, 0.25) is 5.91 Å². The minimum Gasteiger partial charge on any atom is -0.389 e. The summed E-state index contributed by atoms with van der Waals surface area (Å²) in [7, 11) is 0. The fourth-order valence-electron chi connectivity index (χ4n) is 3.47. The van der Waals surface area contributed by atoms with Crippen molar-refractivity contribution in [3.05, 3.63) is 29.3 Å². The van der Waals surface area contributed by atoms with Gasteiger partial charge in [-0.05, 0) is 49.4 Å². The molecule has 2 aliphatic rings. The molecule has 3 N–H and O–H groups in total. The summed E-state index contributed by atoms with van der Waals surface area (Å²) in [5.41, 5.74) is 9.02. The largest absolute Gasteiger partial charge is 0.389 e. The number of amides is 1. The van der Waals surface area contributed by atoms with E-state index in [4.69, 9.17) is 18.0 Å². The molecule has 0 radical (unpaired) electrons. The van der Waals surface area contributed by atoms with E-state index in [1.54, 1.807) is 0 Å². The second-order valence-corrected chi connectivity index (χ2v) is 6.51. The molecule has 0 aromatic heterocycles. The third-order valence-corrected chi connectivity index (χ3v) is 4.88. The Morgan fingerprint density at radius 2 is 2.24 bits per heavy atom. The molecular weight excluding hydrogens is 282 g/mol. The lowest BCUT2D eigenvalue weighted by molar-refractivity contribution is -0.124. The highest BCUT2D eigenvalue weighted by atomic mass is 32.1. The van der Waals surface area contributed by atoms with Crippen molar-refractivity contribution in [2.75, 3.05) is 18.0 Å². The number of thiocarbonyl (C=S) groups is 1. The molecule has 2 unspecified atom stereocenters. The summed E-state index contributed by atoms with van der Waals surface area (Å²) >= 11 is 5.06. The van der Waals surface area contributed by atoms with Crippen LogP contribution in [0.15, 0.2) is 18.2 Å². The number of aryl methyl sites for hydroxylation is 1. The Labute approximate surface area is 130 Å². The molecule has 1 aromatic rings. The molecule has 0 saturated carbocycles. The summed E-state index contributed by atoms with van der Waals surface area (Å²) in [5, 5.41) is 3.13. The van der Waals surface area contributed by atoms with E-state index in [2.05, 4.69) is 22.3 Å². The number of hydrogen-bond acceptors (Lipinski definition) is 3. The van der Waals surface area contributed by atoms with E-state index in [9.17, 15) is 4.79 Å². The highest BCUT2D eigenvalue weighted by Gasteiger charge is 2.33. The number of fused-ring (bicyclic) bond motifs is 1. The van der Waals surface area contributed by atoms with Crippen LogP contribution >= 0.6 is 12.2 Å². The Morgan fingerprint density at radius 3 is 2.95 bits per heavy atom. The molecule has 4 nitrogen and oxygen atoms in total. The van der Waals surface area contributed by atoms with Gasteiger partial charge in [0.15, 0.2) is 0 Å². The minimum atomic E-state index is 0.210. The lowest BCUT2D eigenvalue weighted by Gasteiger charge is -2.42. The Hall–Kier alpha value is -1.62. The van der Waals surface area contributed by atoms with Crippen molar-refractivity contribution in [1.82, 2.24) is 5.32 Å². The van der Waals surface area contributed by atoms with E-state index >= 15 is 0 Å². The van der Waals surface area contributed by atoms with Crippen LogP contribution in [0.25, 0.3) is 0 Å². The maximum Gasteiger partial charge on any atom is 0.220 e. The van der Waals surface area contributed by atoms with Gasteiger partial charge in [-0.25, -0.2) is 0 Å². The maximum absolute atomic E-state index is 11.5. The van der Waals surface area contributed by atoms with E-state index in [0.29, 0.717) is 23.4 Å². The Balaban J connectivity index is 1.75. The molecule has 2 atom stereocenters. The molecular formula is C16H21N3OS. The molecule has 0 spiro atoms. The van der Waals surface area contributed by atoms with E-state index in [-0.39, 0.29) is 5.91 Å². The maximum atomic E-state index is 11.5. The van der Waals surface area contributed by atoms with Crippen molar-refractivity contribution in [3.63, 3.8) is 0 Å². The van der Waals surface area contributed by atoms with Gasteiger partial charge < -0.3 is 16.0 Å². The van der Waals surface area contributed by atoms with Crippen LogP contribution in [0.1, 0.15) is 30.4 Å². The fourth-order valence-corrected chi connectivity index (χ4v) is 3.69. The van der Waals surface area contributed by atoms with Crippen LogP contribution in [-0.2, 0) is 4.79 Å². The monoisotopic (exact) mass is 303 g/mol. The van der Waals surface area contributed by atoms with Gasteiger partial charge in [-0.15, -0.1) is 0 Å². The Morgan fingerprint density at radius 1 is 1.43 bits per heavy atom. The first-order valence-electron chi connectivity index (χ1n) is 7.49. The molecule has 0 bridgehead atoms. The first-order valence-corrected chi connectivity index (χ1v) is 7.90. The fraction of sp³-hybridized carbons (Fsp3) is 0.500. The Bertz CT molecular complexity index is 587. The molecule has 2 aliphatic heterocycles. The SMILES string of the molecule is Cc1cc(N2CCC3NC(=O)CCC3C2)ccc1C(N)=S. The number of nitrogens with zero attached hydrogens (tertiary/aromatic N) is 1. The zero-order valence-corrected chi connectivity index (χ0v) is 13.1. The summed E-state index contributed by atoms with van der Waals surface area (Å²) < 4.78 is 0. The summed E-state index contributed by atoms with van der Waals surface area (Å²) in [6, 6.07) is 6.64. The molecule has 112 valence electrons. The van der Waals surface area contributed by atoms with Crippen LogP contribution in [0.5, 0.6) is 0 Å². The van der Waals surface area contributed by atoms with Gasteiger partial charge in [0, 0.05) is 36.8 Å². The van der Waals surface area contributed by atoms with Crippen LogP contribution in [0, 0.1) is 12.8 Å². The van der Waals surface area contributed by atoms with Crippen molar-refractivity contribution in [3.8, 4) is 0 Å². The summed E-state index contributed by atoms with van der Waals surface area (Å²) in [4.78, 5) is 14.3. The van der Waals surface area contributed by atoms with E-state index in [1.807, 2.05) is 13.0 Å². The zero-order valence-electron chi connectivity index (χ0n) is 12.3. The van der Waals surface area contributed by atoms with Crippen molar-refractivity contribution < 1.29 is 4.79 Å². The number of nitrogens with one attached hydrogen (secondary N) is 1. The third kappa shape index (κ3) is 2.88. The molecule has 1 aromatic carbocycles. The number of piperidine rings is 2. The number of hydrogen-bond donors (Lipinski definition) is 2. The van der Waals surface area contributed by atoms with Crippen LogP contribution in [0.2, 0.25) is 0 Å². The lowest BCUT2D eigenvalue weighted by atomic mass is 9.85. The van der Waals surface area contributed by atoms with Crippen LogP contribution in [0.4, 0.5) is 5.69 Å². The minimum absolute atomic E-state index is 0.210. The Kier molecular flexibility index (Phi) is 3.85. The second-order valence-electron chi connectivity index (χ2n) is 6.07. The van der Waals surface area contributed by atoms with E-state index < -0.39 is 0 Å². The lowest BCUT2D eigenvalue weighted by Crippen LogP contribution is -2.54. The van der Waals surface area contributed by atoms with Gasteiger partial charge in [-0.2, -0.15) is 0 Å². The smallest absolute Gasteiger partial charge is 0.220 e. The normalized spacial score (nSPS) is 25.2. The number of anilines is 1. The van der Waals surface area contributed by atoms with Crippen molar-refractivity contribution in [2.24, 2.45) is 11.7 Å². The molecule has 3 rings (SSSR count). The standard InChI is InChI=1S/C16H21N3OS/c1-10-8-12(3-4-13(10)16(17)21)19-7-6-14-11(9-19)2-5-15(20)18-14/h3-4,8,11,14H,2,5-7,9H2,1H3,(H2,17,21)(H,18,20). The predicted octanol–water partition coefficient (Wildman–Crippen LogP) is 1.73. The summed E-state index contributed by atoms with van der Waals surface area (Å²) in [5.74, 6) is 0.772. The molecule has 2 saturated heterocycles. The first kappa shape index (κ1) is 14.3. The van der Waals surface area contributed by atoms with Gasteiger partial charge >= 0.3 is 0 Å². The molecule has 5 heteroatoms. The van der Waals surface area contributed by atoms with Crippen molar-refractivity contribution >= 4 is 28.8 Å². The van der Waals surface area contributed by atoms with Crippen molar-refractivity contribution in [2.45, 2.75) is 32.2 Å². The van der Waals surface area contributed by atoms with Gasteiger partial charge in [0.05, 0.1) is 0 Å². The highest BCUT2D eigenvalue weighted by molar-refractivity contribution is 7.80. The van der Waals surface area contributed by atoms with Gasteiger partial charge in [0.1, 0.15) is 4.99 Å². The molecule has 21 heavy (non-hydrogen) atoms. The number of carbonyl (C=O) groups is 1. The molecule has 0 aliphatic carbocycles. The number of carbonyl (C=O) groups excluding carboxylic acids is 1. The van der Waals surface area contributed by atoms with Gasteiger partial charge in [0.25, 0.3) is 0 Å². The predicted molar refractivity (Wildman–Crippen MR) is 88.6 cm³/mol. The third-order valence-electron chi connectivity index (χ3n) is 4.66. The summed E-state index contributed by atoms with van der Waals surface area (Å²) in [6.45, 7) is 4.04. The van der Waals surface area contributed by atoms with E-state index in [1.165, 1.54) is 5.69 Å².